The number of thiophene rings is 1. The molecule has 1 saturated heterocycles. The number of nitrogens with two attached hydrogens (primary N) is 1. The van der Waals surface area contributed by atoms with Gasteiger partial charge in [-0.15, -0.1) is 11.3 Å². The van der Waals surface area contributed by atoms with Gasteiger partial charge >= 0.3 is 0 Å². The molecule has 0 bridgehead atoms. The van der Waals surface area contributed by atoms with Gasteiger partial charge in [-0.2, -0.15) is 4.31 Å². The Labute approximate surface area is 219 Å². The van der Waals surface area contributed by atoms with Crippen molar-refractivity contribution in [2.24, 2.45) is 5.73 Å². The standard InChI is InChI=1S/C26H27N5O4S2/c1-18-21(26(27)33)15-22(31(18)16-20-7-4-14-36-20)23(32)17-29-10-12-30(13-11-29)37(34,35)24-8-2-5-19-6-3-9-28-25(19)24/h2-9,14-15H,10-13,16-17H2,1H3,(H2,27,33). The second-order valence-electron chi connectivity index (χ2n) is 8.99. The van der Waals surface area contributed by atoms with Crippen LogP contribution in [0.25, 0.3) is 10.9 Å². The molecule has 37 heavy (non-hydrogen) atoms. The van der Waals surface area contributed by atoms with E-state index < -0.39 is 15.9 Å². The van der Waals surface area contributed by atoms with Crippen molar-refractivity contribution < 1.29 is 18.0 Å². The number of Topliss-reactive ketones (excluding diaryl/α,β-unsaturated/α-hetero) is 1. The van der Waals surface area contributed by atoms with Gasteiger partial charge in [0.25, 0.3) is 5.91 Å². The second-order valence-corrected chi connectivity index (χ2v) is 11.9. The fraction of sp³-hybridized carbons (Fsp3) is 0.269. The number of piperazine rings is 1. The van der Waals surface area contributed by atoms with Crippen molar-refractivity contribution in [1.29, 1.82) is 0 Å². The number of hydrogen-bond acceptors (Lipinski definition) is 7. The third-order valence-electron chi connectivity index (χ3n) is 6.72. The van der Waals surface area contributed by atoms with Crippen LogP contribution in [0.4, 0.5) is 0 Å². The van der Waals surface area contributed by atoms with Crippen LogP contribution in [0.2, 0.25) is 0 Å². The molecule has 0 spiro atoms. The summed E-state index contributed by atoms with van der Waals surface area (Å²) in [5.74, 6) is -0.708. The number of carbonyl (C=O) groups excluding carboxylic acids is 2. The maximum absolute atomic E-state index is 13.4. The highest BCUT2D eigenvalue weighted by molar-refractivity contribution is 7.89. The minimum absolute atomic E-state index is 0.121. The van der Waals surface area contributed by atoms with Gasteiger partial charge in [0.1, 0.15) is 4.90 Å². The molecule has 0 aliphatic carbocycles. The molecule has 1 amide bonds. The van der Waals surface area contributed by atoms with Crippen molar-refractivity contribution >= 4 is 44.0 Å². The van der Waals surface area contributed by atoms with Gasteiger partial charge < -0.3 is 10.3 Å². The minimum Gasteiger partial charge on any atom is -0.366 e. The van der Waals surface area contributed by atoms with Crippen LogP contribution >= 0.6 is 11.3 Å². The van der Waals surface area contributed by atoms with Crippen LogP contribution in [-0.4, -0.2) is 71.6 Å². The van der Waals surface area contributed by atoms with Crippen LogP contribution in [0, 0.1) is 6.92 Å². The Morgan fingerprint density at radius 2 is 1.81 bits per heavy atom. The monoisotopic (exact) mass is 537 g/mol. The third kappa shape index (κ3) is 4.95. The van der Waals surface area contributed by atoms with E-state index in [2.05, 4.69) is 4.98 Å². The Morgan fingerprint density at radius 3 is 2.51 bits per heavy atom. The van der Waals surface area contributed by atoms with Crippen molar-refractivity contribution in [3.05, 3.63) is 81.9 Å². The Morgan fingerprint density at radius 1 is 1.05 bits per heavy atom. The van der Waals surface area contributed by atoms with Crippen LogP contribution in [0.1, 0.15) is 31.4 Å². The maximum Gasteiger partial charge on any atom is 0.250 e. The summed E-state index contributed by atoms with van der Waals surface area (Å²) in [4.78, 5) is 32.8. The lowest BCUT2D eigenvalue weighted by molar-refractivity contribution is 0.0892. The lowest BCUT2D eigenvalue weighted by Crippen LogP contribution is -2.49. The first-order chi connectivity index (χ1) is 17.8. The summed E-state index contributed by atoms with van der Waals surface area (Å²) in [5, 5.41) is 2.73. The average molecular weight is 538 g/mol. The molecule has 0 saturated carbocycles. The fourth-order valence-corrected chi connectivity index (χ4v) is 7.00. The smallest absolute Gasteiger partial charge is 0.250 e. The van der Waals surface area contributed by atoms with Crippen LogP contribution in [0.15, 0.2) is 65.0 Å². The first-order valence-electron chi connectivity index (χ1n) is 11.9. The van der Waals surface area contributed by atoms with E-state index in [1.165, 1.54) is 4.31 Å². The molecule has 4 heterocycles. The Balaban J connectivity index is 1.30. The molecule has 5 rings (SSSR count). The molecule has 1 aliphatic rings. The number of aromatic nitrogens is 2. The van der Waals surface area contributed by atoms with E-state index in [9.17, 15) is 18.0 Å². The number of primary amides is 1. The zero-order valence-corrected chi connectivity index (χ0v) is 22.0. The number of nitrogens with zero attached hydrogens (tertiary/aromatic N) is 4. The zero-order chi connectivity index (χ0) is 26.2. The molecule has 0 unspecified atom stereocenters. The number of ketones is 1. The molecule has 1 fully saturated rings. The van der Waals surface area contributed by atoms with E-state index >= 15 is 0 Å². The van der Waals surface area contributed by atoms with E-state index in [4.69, 9.17) is 5.73 Å². The Bertz CT molecular complexity index is 1560. The fourth-order valence-electron chi connectivity index (χ4n) is 4.72. The molecular weight excluding hydrogens is 510 g/mol. The van der Waals surface area contributed by atoms with Crippen LogP contribution in [-0.2, 0) is 16.6 Å². The van der Waals surface area contributed by atoms with E-state index in [0.717, 1.165) is 10.3 Å². The lowest BCUT2D eigenvalue weighted by atomic mass is 10.2. The summed E-state index contributed by atoms with van der Waals surface area (Å²) < 4.78 is 30.1. The van der Waals surface area contributed by atoms with E-state index in [1.54, 1.807) is 48.7 Å². The van der Waals surface area contributed by atoms with Gasteiger partial charge in [0, 0.05) is 48.3 Å². The van der Waals surface area contributed by atoms with Crippen LogP contribution < -0.4 is 5.73 Å². The number of amides is 1. The zero-order valence-electron chi connectivity index (χ0n) is 20.3. The van der Waals surface area contributed by atoms with Gasteiger partial charge in [0.05, 0.1) is 29.9 Å². The van der Waals surface area contributed by atoms with Gasteiger partial charge in [-0.25, -0.2) is 8.42 Å². The molecule has 3 aromatic heterocycles. The molecule has 11 heteroatoms. The SMILES string of the molecule is Cc1c(C(N)=O)cc(C(=O)CN2CCN(S(=O)(=O)c3cccc4cccnc34)CC2)n1Cc1cccs1. The molecule has 192 valence electrons. The number of pyridine rings is 1. The van der Waals surface area contributed by atoms with E-state index in [1.807, 2.05) is 39.1 Å². The van der Waals surface area contributed by atoms with Crippen LogP contribution in [0.3, 0.4) is 0 Å². The molecule has 4 aromatic rings. The van der Waals surface area contributed by atoms with Crippen molar-refractivity contribution in [2.75, 3.05) is 32.7 Å². The highest BCUT2D eigenvalue weighted by atomic mass is 32.2. The van der Waals surface area contributed by atoms with Gasteiger partial charge in [-0.05, 0) is 36.6 Å². The summed E-state index contributed by atoms with van der Waals surface area (Å²) in [5.41, 5.74) is 7.43. The van der Waals surface area contributed by atoms with Crippen LogP contribution in [0.5, 0.6) is 0 Å². The second kappa shape index (κ2) is 10.2. The van der Waals surface area contributed by atoms with Gasteiger partial charge in [-0.3, -0.25) is 19.5 Å². The molecule has 1 aromatic carbocycles. The Hall–Kier alpha value is -3.38. The first kappa shape index (κ1) is 25.3. The molecule has 0 atom stereocenters. The Kier molecular flexibility index (Phi) is 6.95. The van der Waals surface area contributed by atoms with Crippen molar-refractivity contribution in [3.8, 4) is 0 Å². The van der Waals surface area contributed by atoms with E-state index in [-0.39, 0.29) is 30.3 Å². The minimum atomic E-state index is -3.74. The topological polar surface area (TPSA) is 119 Å². The largest absolute Gasteiger partial charge is 0.366 e. The van der Waals surface area contributed by atoms with Gasteiger partial charge in [0.2, 0.25) is 10.0 Å². The van der Waals surface area contributed by atoms with E-state index in [0.29, 0.717) is 42.1 Å². The lowest BCUT2D eigenvalue weighted by Gasteiger charge is -2.33. The molecular formula is C26H27N5O4S2. The highest BCUT2D eigenvalue weighted by Crippen LogP contribution is 2.25. The highest BCUT2D eigenvalue weighted by Gasteiger charge is 2.31. The van der Waals surface area contributed by atoms with Crippen molar-refractivity contribution in [3.63, 3.8) is 0 Å². The summed E-state index contributed by atoms with van der Waals surface area (Å²) in [6.45, 7) is 3.74. The van der Waals surface area contributed by atoms with Gasteiger partial charge in [0.15, 0.2) is 5.78 Å². The number of sulfonamides is 1. The third-order valence-corrected chi connectivity index (χ3v) is 9.52. The summed E-state index contributed by atoms with van der Waals surface area (Å²) in [6.07, 6.45) is 1.59. The molecule has 2 N–H and O–H groups in total. The first-order valence-corrected chi connectivity index (χ1v) is 14.2. The molecule has 0 radical (unpaired) electrons. The predicted molar refractivity (Wildman–Crippen MR) is 142 cm³/mol. The number of rotatable bonds is 8. The predicted octanol–water partition coefficient (Wildman–Crippen LogP) is 2.74. The summed E-state index contributed by atoms with van der Waals surface area (Å²) in [6, 6.07) is 14.3. The number of para-hydroxylation sites is 1. The maximum atomic E-state index is 13.4. The van der Waals surface area contributed by atoms with Gasteiger partial charge in [-0.1, -0.05) is 24.3 Å². The van der Waals surface area contributed by atoms with Crippen molar-refractivity contribution in [2.45, 2.75) is 18.4 Å². The number of fused-ring (bicyclic) bond motifs is 1. The number of benzene rings is 1. The normalized spacial score (nSPS) is 15.3. The quantitative estimate of drug-likeness (QED) is 0.345. The van der Waals surface area contributed by atoms with Crippen molar-refractivity contribution in [1.82, 2.24) is 18.8 Å². The number of carbonyl (C=O) groups is 2. The average Bonchev–Trinajstić information content (AvgIpc) is 3.52. The summed E-state index contributed by atoms with van der Waals surface area (Å²) in [7, 11) is -3.74. The summed E-state index contributed by atoms with van der Waals surface area (Å²) >= 11 is 1.58. The number of hydrogen-bond donors (Lipinski definition) is 1. The molecule has 9 nitrogen and oxygen atoms in total. The molecule has 1 aliphatic heterocycles.